The Bertz CT molecular complexity index is 2570. The zero-order valence-corrected chi connectivity index (χ0v) is 36.9. The number of azo groups is 2. The molecule has 4 amide bonds. The molecule has 0 spiro atoms. The smallest absolute Gasteiger partial charge is 0.279 e. The number of carbonyl (C=O) groups excluding carboxylic acids is 4. The number of nitrogens with zero attached hydrogens (tertiary/aromatic N) is 4. The van der Waals surface area contributed by atoms with Crippen LogP contribution >= 0.6 is 46.4 Å². The van der Waals surface area contributed by atoms with Gasteiger partial charge in [-0.15, -0.1) is 20.5 Å². The van der Waals surface area contributed by atoms with Crippen LogP contribution in [0.25, 0.3) is 0 Å². The predicted octanol–water partition coefficient (Wildman–Crippen LogP) is 13.1. The third-order valence-electron chi connectivity index (χ3n) is 9.01. The van der Waals surface area contributed by atoms with E-state index in [0.717, 1.165) is 11.1 Å². The number of aliphatic hydroxyl groups is 2. The molecule has 0 atom stereocenters. The number of nitrogens with one attached hydrogen (secondary N) is 4. The van der Waals surface area contributed by atoms with E-state index in [1.165, 1.54) is 50.2 Å². The molecule has 5 aromatic carbocycles. The van der Waals surface area contributed by atoms with Gasteiger partial charge in [-0.05, 0) is 137 Å². The minimum Gasteiger partial charge on any atom is -0.510 e. The lowest BCUT2D eigenvalue weighted by Crippen LogP contribution is -2.17. The van der Waals surface area contributed by atoms with Gasteiger partial charge in [0.15, 0.2) is 11.4 Å². The second kappa shape index (κ2) is 20.3. The van der Waals surface area contributed by atoms with E-state index >= 15 is 0 Å². The van der Waals surface area contributed by atoms with E-state index in [1.807, 2.05) is 13.8 Å². The molecule has 18 heteroatoms. The maximum Gasteiger partial charge on any atom is 0.279 e. The van der Waals surface area contributed by atoms with Gasteiger partial charge < -0.3 is 31.5 Å². The summed E-state index contributed by atoms with van der Waals surface area (Å²) in [6.07, 6.45) is 0. The lowest BCUT2D eigenvalue weighted by Gasteiger charge is -2.14. The van der Waals surface area contributed by atoms with Crippen molar-refractivity contribution in [1.29, 1.82) is 0 Å². The first-order chi connectivity index (χ1) is 29.3. The first-order valence-electron chi connectivity index (χ1n) is 18.4. The average molecular weight is 917 g/mol. The number of aliphatic hydroxyl groups excluding tert-OH is 2. The van der Waals surface area contributed by atoms with E-state index in [1.54, 1.807) is 62.4 Å². The minimum atomic E-state index is -0.823. The van der Waals surface area contributed by atoms with E-state index < -0.39 is 46.5 Å². The quantitative estimate of drug-likeness (QED) is 0.0407. The van der Waals surface area contributed by atoms with E-state index in [9.17, 15) is 29.4 Å². The molecular weight excluding hydrogens is 878 g/mol. The summed E-state index contributed by atoms with van der Waals surface area (Å²) < 4.78 is 0. The third kappa shape index (κ3) is 11.8. The number of hydrogen-bond donors (Lipinski definition) is 6. The monoisotopic (exact) mass is 914 g/mol. The van der Waals surface area contributed by atoms with Crippen LogP contribution in [0.3, 0.4) is 0 Å². The number of hydrogen-bond acceptors (Lipinski definition) is 10. The normalized spacial score (nSPS) is 12.2. The summed E-state index contributed by atoms with van der Waals surface area (Å²) in [5.41, 5.74) is 3.83. The van der Waals surface area contributed by atoms with Crippen LogP contribution in [0.5, 0.6) is 0 Å². The molecule has 6 N–H and O–H groups in total. The molecule has 0 unspecified atom stereocenters. The molecule has 62 heavy (non-hydrogen) atoms. The summed E-state index contributed by atoms with van der Waals surface area (Å²) >= 11 is 24.9. The number of aryl methyl sites for hydroxylation is 4. The Morgan fingerprint density at radius 3 is 1.18 bits per heavy atom. The fourth-order valence-corrected chi connectivity index (χ4v) is 6.18. The molecule has 0 saturated heterocycles. The Balaban J connectivity index is 1.28. The number of anilines is 4. The van der Waals surface area contributed by atoms with Gasteiger partial charge in [-0.1, -0.05) is 58.5 Å². The maximum atomic E-state index is 13.4. The minimum absolute atomic E-state index is 0.0517. The molecule has 14 nitrogen and oxygen atoms in total. The number of halogens is 4. The lowest BCUT2D eigenvalue weighted by molar-refractivity contribution is -0.114. The van der Waals surface area contributed by atoms with Crippen molar-refractivity contribution in [2.45, 2.75) is 41.5 Å². The summed E-state index contributed by atoms with van der Waals surface area (Å²) in [4.78, 5) is 52.9. The van der Waals surface area contributed by atoms with Crippen molar-refractivity contribution in [2.75, 3.05) is 21.3 Å². The molecule has 0 aromatic heterocycles. The summed E-state index contributed by atoms with van der Waals surface area (Å²) in [5.74, 6) is -3.50. The van der Waals surface area contributed by atoms with Crippen molar-refractivity contribution in [3.05, 3.63) is 161 Å². The van der Waals surface area contributed by atoms with Gasteiger partial charge in [0.25, 0.3) is 23.6 Å². The van der Waals surface area contributed by atoms with Gasteiger partial charge in [0.1, 0.15) is 22.9 Å². The Morgan fingerprint density at radius 2 is 0.823 bits per heavy atom. The summed E-state index contributed by atoms with van der Waals surface area (Å²) in [7, 11) is 0. The summed E-state index contributed by atoms with van der Waals surface area (Å²) in [6.45, 7) is 9.46. The van der Waals surface area contributed by atoms with Crippen molar-refractivity contribution in [3.63, 3.8) is 0 Å². The maximum absolute atomic E-state index is 13.4. The van der Waals surface area contributed by atoms with E-state index in [4.69, 9.17) is 46.4 Å². The van der Waals surface area contributed by atoms with Crippen LogP contribution < -0.4 is 21.3 Å². The van der Waals surface area contributed by atoms with Crippen molar-refractivity contribution >= 4 is 104 Å². The largest absolute Gasteiger partial charge is 0.510 e. The second-order valence-electron chi connectivity index (χ2n) is 13.8. The Hall–Kier alpha value is -6.58. The highest BCUT2D eigenvalue weighted by Crippen LogP contribution is 2.32. The van der Waals surface area contributed by atoms with Gasteiger partial charge in [-0.3, -0.25) is 19.2 Å². The first kappa shape index (κ1) is 46.5. The van der Waals surface area contributed by atoms with E-state index in [2.05, 4.69) is 41.7 Å². The number of amides is 4. The number of carbonyl (C=O) groups is 4. The van der Waals surface area contributed by atoms with Gasteiger partial charge in [-0.25, -0.2) is 0 Å². The molecule has 0 heterocycles. The molecule has 5 aromatic rings. The SMILES string of the molecule is C/C(O)=C(/N=N/c1cc(C(=O)Nc2cc(Cl)ccc2C)ccc1Cl)C(=O)Nc1cc(C)c(NC(=O)C(/N=N/c2cc(C(=O)Nc3cc(Cl)ccc3C)ccc2Cl)=C(\C)O)cc1C. The van der Waals surface area contributed by atoms with Gasteiger partial charge >= 0.3 is 0 Å². The average Bonchev–Trinajstić information content (AvgIpc) is 3.20. The Morgan fingerprint density at radius 1 is 0.468 bits per heavy atom. The Labute approximate surface area is 376 Å². The zero-order valence-electron chi connectivity index (χ0n) is 33.9. The van der Waals surface area contributed by atoms with E-state index in [0.29, 0.717) is 43.9 Å². The number of rotatable bonds is 12. The fourth-order valence-electron chi connectivity index (χ4n) is 5.53. The van der Waals surface area contributed by atoms with Gasteiger partial charge in [0.2, 0.25) is 0 Å². The first-order valence-corrected chi connectivity index (χ1v) is 19.9. The van der Waals surface area contributed by atoms with E-state index in [-0.39, 0.29) is 32.5 Å². The molecule has 0 radical (unpaired) electrons. The van der Waals surface area contributed by atoms with Crippen LogP contribution in [0.4, 0.5) is 34.1 Å². The van der Waals surface area contributed by atoms with Crippen molar-refractivity contribution in [3.8, 4) is 0 Å². The van der Waals surface area contributed by atoms with Gasteiger partial charge in [0.05, 0.1) is 10.0 Å². The Kier molecular flexibility index (Phi) is 15.2. The molecule has 0 aliphatic heterocycles. The molecule has 318 valence electrons. The lowest BCUT2D eigenvalue weighted by atomic mass is 10.1. The molecule has 0 saturated carbocycles. The standard InChI is InChI=1S/C44H38Cl4N8O6/c1-21-7-11-29(45)19-35(21)49-41(59)27-9-13-31(47)37(17-27)53-55-39(25(5)57)43(61)51-33-15-24(4)34(16-23(33)3)52-44(62)40(26(6)58)56-54-38-18-28(10-14-32(38)48)42(60)50-36-20-30(46)12-8-22(36)2/h7-20,57-58H,1-6H3,(H,49,59)(H,50,60)(H,51,61)(H,52,62)/b39-25-,40-26-,55-53+,56-54+. The fraction of sp³-hybridized carbons (Fsp3) is 0.136. The molecular formula is C44H38Cl4N8O6. The van der Waals surface area contributed by atoms with Crippen molar-refractivity contribution < 1.29 is 29.4 Å². The predicted molar refractivity (Wildman–Crippen MR) is 244 cm³/mol. The topological polar surface area (TPSA) is 206 Å². The molecule has 0 bridgehead atoms. The van der Waals surface area contributed by atoms with Gasteiger partial charge in [0, 0.05) is 43.9 Å². The highest BCUT2D eigenvalue weighted by molar-refractivity contribution is 6.34. The highest BCUT2D eigenvalue weighted by Gasteiger charge is 2.20. The van der Waals surface area contributed by atoms with Crippen molar-refractivity contribution in [2.24, 2.45) is 20.5 Å². The molecule has 0 aliphatic rings. The second-order valence-corrected chi connectivity index (χ2v) is 15.5. The van der Waals surface area contributed by atoms with Crippen LogP contribution in [-0.2, 0) is 9.59 Å². The summed E-state index contributed by atoms with van der Waals surface area (Å²) in [5, 5.41) is 48.9. The summed E-state index contributed by atoms with van der Waals surface area (Å²) in [6, 6.07) is 22.0. The van der Waals surface area contributed by atoms with Crippen LogP contribution in [0.2, 0.25) is 20.1 Å². The third-order valence-corrected chi connectivity index (χ3v) is 10.1. The molecule has 0 aliphatic carbocycles. The molecule has 0 fully saturated rings. The van der Waals surface area contributed by atoms with Crippen LogP contribution in [-0.4, -0.2) is 33.8 Å². The number of allylic oxidation sites excluding steroid dienone is 2. The zero-order chi connectivity index (χ0) is 45.4. The van der Waals surface area contributed by atoms with Crippen LogP contribution in [0.15, 0.2) is 128 Å². The number of benzene rings is 5. The van der Waals surface area contributed by atoms with Crippen molar-refractivity contribution in [1.82, 2.24) is 0 Å². The highest BCUT2D eigenvalue weighted by atomic mass is 35.5. The van der Waals surface area contributed by atoms with Gasteiger partial charge in [-0.2, -0.15) is 0 Å². The van der Waals surface area contributed by atoms with Crippen LogP contribution in [0, 0.1) is 27.7 Å². The van der Waals surface area contributed by atoms with Crippen LogP contribution in [0.1, 0.15) is 56.8 Å². The molecule has 5 rings (SSSR count).